The molecule has 1 aromatic heterocycles. The molecule has 0 N–H and O–H groups in total. The van der Waals surface area contributed by atoms with Gasteiger partial charge in [0.2, 0.25) is 0 Å². The van der Waals surface area contributed by atoms with Gasteiger partial charge in [0.1, 0.15) is 22.6 Å². The summed E-state index contributed by atoms with van der Waals surface area (Å²) in [6.45, 7) is 1.58. The van der Waals surface area contributed by atoms with Gasteiger partial charge in [0.15, 0.2) is 0 Å². The van der Waals surface area contributed by atoms with Gasteiger partial charge in [0.05, 0.1) is 5.56 Å². The summed E-state index contributed by atoms with van der Waals surface area (Å²) in [4.78, 5) is 7.60. The second kappa shape index (κ2) is 4.25. The van der Waals surface area contributed by atoms with Crippen LogP contribution in [0.25, 0.3) is 11.1 Å². The fourth-order valence-electron chi connectivity index (χ4n) is 1.39. The van der Waals surface area contributed by atoms with Crippen LogP contribution in [-0.2, 0) is 0 Å². The quantitative estimate of drug-likeness (QED) is 0.749. The van der Waals surface area contributed by atoms with E-state index in [1.807, 2.05) is 0 Å². The summed E-state index contributed by atoms with van der Waals surface area (Å²) in [5, 5.41) is 0. The predicted molar refractivity (Wildman–Crippen MR) is 59.8 cm³/mol. The Morgan fingerprint density at radius 1 is 1.25 bits per heavy atom. The Morgan fingerprint density at radius 2 is 2.00 bits per heavy atom. The monoisotopic (exact) mass is 284 g/mol. The van der Waals surface area contributed by atoms with Crippen molar-refractivity contribution in [3.63, 3.8) is 0 Å². The molecule has 82 valence electrons. The highest BCUT2D eigenvalue weighted by atomic mass is 79.9. The van der Waals surface area contributed by atoms with E-state index in [-0.39, 0.29) is 5.56 Å². The van der Waals surface area contributed by atoms with Crippen molar-refractivity contribution in [2.45, 2.75) is 6.92 Å². The summed E-state index contributed by atoms with van der Waals surface area (Å²) < 4.78 is 27.8. The molecule has 0 atom stereocenters. The minimum atomic E-state index is -0.626. The van der Waals surface area contributed by atoms with Crippen molar-refractivity contribution in [2.75, 3.05) is 0 Å². The lowest BCUT2D eigenvalue weighted by Crippen LogP contribution is -1.95. The highest BCUT2D eigenvalue weighted by Crippen LogP contribution is 2.31. The Morgan fingerprint density at radius 3 is 2.69 bits per heavy atom. The third-order valence-electron chi connectivity index (χ3n) is 2.22. The summed E-state index contributed by atoms with van der Waals surface area (Å²) in [5.74, 6) is -1.21. The van der Waals surface area contributed by atoms with Crippen LogP contribution in [0.5, 0.6) is 0 Å². The average molecular weight is 285 g/mol. The van der Waals surface area contributed by atoms with E-state index in [2.05, 4.69) is 25.9 Å². The average Bonchev–Trinajstić information content (AvgIpc) is 2.27. The van der Waals surface area contributed by atoms with E-state index in [1.165, 1.54) is 24.7 Å². The summed E-state index contributed by atoms with van der Waals surface area (Å²) in [6.07, 6.45) is 2.68. The summed E-state index contributed by atoms with van der Waals surface area (Å²) >= 11 is 3.14. The standard InChI is InChI=1S/C11H7BrF2N2/c1-6-2-3-8(13)9(10(6)14)7-4-15-5-16-11(7)12/h2-5H,1H3. The van der Waals surface area contributed by atoms with Crippen LogP contribution in [0.2, 0.25) is 0 Å². The molecule has 0 fully saturated rings. The van der Waals surface area contributed by atoms with Crippen molar-refractivity contribution in [1.29, 1.82) is 0 Å². The zero-order chi connectivity index (χ0) is 11.7. The first-order valence-corrected chi connectivity index (χ1v) is 5.31. The normalized spacial score (nSPS) is 10.5. The lowest BCUT2D eigenvalue weighted by Gasteiger charge is -2.07. The molecule has 0 amide bonds. The number of benzene rings is 1. The van der Waals surface area contributed by atoms with Gasteiger partial charge < -0.3 is 0 Å². The van der Waals surface area contributed by atoms with Crippen molar-refractivity contribution in [3.8, 4) is 11.1 Å². The number of nitrogens with zero attached hydrogens (tertiary/aromatic N) is 2. The molecule has 0 saturated heterocycles. The van der Waals surface area contributed by atoms with Crippen molar-refractivity contribution in [1.82, 2.24) is 9.97 Å². The Hall–Kier alpha value is -1.36. The van der Waals surface area contributed by atoms with Crippen LogP contribution < -0.4 is 0 Å². The predicted octanol–water partition coefficient (Wildman–Crippen LogP) is 3.49. The third-order valence-corrected chi connectivity index (χ3v) is 2.85. The van der Waals surface area contributed by atoms with E-state index in [0.29, 0.717) is 15.7 Å². The molecule has 0 bridgehead atoms. The SMILES string of the molecule is Cc1ccc(F)c(-c2cncnc2Br)c1F. The Labute approximate surface area is 99.5 Å². The van der Waals surface area contributed by atoms with Crippen LogP contribution in [0, 0.1) is 18.6 Å². The minimum absolute atomic E-state index is 0.104. The molecule has 0 aliphatic carbocycles. The first kappa shape index (κ1) is 11.1. The maximum Gasteiger partial charge on any atom is 0.137 e. The maximum atomic E-state index is 13.8. The molecule has 0 saturated carbocycles. The topological polar surface area (TPSA) is 25.8 Å². The smallest absolute Gasteiger partial charge is 0.137 e. The van der Waals surface area contributed by atoms with Crippen LogP contribution in [-0.4, -0.2) is 9.97 Å². The van der Waals surface area contributed by atoms with E-state index < -0.39 is 11.6 Å². The van der Waals surface area contributed by atoms with Gasteiger partial charge in [-0.05, 0) is 34.5 Å². The van der Waals surface area contributed by atoms with Gasteiger partial charge in [0.25, 0.3) is 0 Å². The molecule has 16 heavy (non-hydrogen) atoms. The fraction of sp³-hybridized carbons (Fsp3) is 0.0909. The van der Waals surface area contributed by atoms with E-state index in [4.69, 9.17) is 0 Å². The Kier molecular flexibility index (Phi) is 2.96. The van der Waals surface area contributed by atoms with Crippen molar-refractivity contribution >= 4 is 15.9 Å². The number of hydrogen-bond donors (Lipinski definition) is 0. The van der Waals surface area contributed by atoms with Crippen LogP contribution in [0.1, 0.15) is 5.56 Å². The zero-order valence-corrected chi connectivity index (χ0v) is 9.92. The zero-order valence-electron chi connectivity index (χ0n) is 8.34. The number of hydrogen-bond acceptors (Lipinski definition) is 2. The van der Waals surface area contributed by atoms with Crippen molar-refractivity contribution < 1.29 is 8.78 Å². The highest BCUT2D eigenvalue weighted by Gasteiger charge is 2.16. The molecule has 2 nitrogen and oxygen atoms in total. The number of halogens is 3. The van der Waals surface area contributed by atoms with Gasteiger partial charge in [-0.15, -0.1) is 0 Å². The highest BCUT2D eigenvalue weighted by molar-refractivity contribution is 9.10. The van der Waals surface area contributed by atoms with Crippen molar-refractivity contribution in [2.24, 2.45) is 0 Å². The molecule has 0 spiro atoms. The Balaban J connectivity index is 2.74. The van der Waals surface area contributed by atoms with E-state index >= 15 is 0 Å². The molecule has 1 heterocycles. The lowest BCUT2D eigenvalue weighted by atomic mass is 10.0. The molecule has 2 aromatic rings. The van der Waals surface area contributed by atoms with Gasteiger partial charge in [-0.25, -0.2) is 18.7 Å². The molecule has 5 heteroatoms. The van der Waals surface area contributed by atoms with Crippen LogP contribution in [0.15, 0.2) is 29.3 Å². The first-order chi connectivity index (χ1) is 7.61. The second-order valence-electron chi connectivity index (χ2n) is 3.28. The molecule has 0 aliphatic heterocycles. The molecular weight excluding hydrogens is 278 g/mol. The van der Waals surface area contributed by atoms with E-state index in [9.17, 15) is 8.78 Å². The molecule has 0 aliphatic rings. The molecular formula is C11H7BrF2N2. The molecule has 0 unspecified atom stereocenters. The second-order valence-corrected chi connectivity index (χ2v) is 4.03. The van der Waals surface area contributed by atoms with Crippen molar-refractivity contribution in [3.05, 3.63) is 46.5 Å². The lowest BCUT2D eigenvalue weighted by molar-refractivity contribution is 0.583. The van der Waals surface area contributed by atoms with Crippen LogP contribution >= 0.6 is 15.9 Å². The Bertz CT molecular complexity index is 544. The van der Waals surface area contributed by atoms with Crippen LogP contribution in [0.4, 0.5) is 8.78 Å². The first-order valence-electron chi connectivity index (χ1n) is 4.51. The molecule has 2 rings (SSSR count). The summed E-state index contributed by atoms with van der Waals surface area (Å²) in [5.41, 5.74) is 0.584. The summed E-state index contributed by atoms with van der Waals surface area (Å²) in [6, 6.07) is 2.62. The van der Waals surface area contributed by atoms with Gasteiger partial charge in [-0.1, -0.05) is 6.07 Å². The maximum absolute atomic E-state index is 13.8. The number of aryl methyl sites for hydroxylation is 1. The third kappa shape index (κ3) is 1.82. The molecule has 1 aromatic carbocycles. The van der Waals surface area contributed by atoms with Gasteiger partial charge in [0, 0.05) is 11.8 Å². The van der Waals surface area contributed by atoms with E-state index in [0.717, 1.165) is 0 Å². The summed E-state index contributed by atoms with van der Waals surface area (Å²) in [7, 11) is 0. The number of aromatic nitrogens is 2. The minimum Gasteiger partial charge on any atom is -0.244 e. The van der Waals surface area contributed by atoms with Crippen LogP contribution in [0.3, 0.4) is 0 Å². The molecule has 0 radical (unpaired) electrons. The van der Waals surface area contributed by atoms with Gasteiger partial charge in [-0.3, -0.25) is 0 Å². The van der Waals surface area contributed by atoms with Gasteiger partial charge >= 0.3 is 0 Å². The largest absolute Gasteiger partial charge is 0.244 e. The van der Waals surface area contributed by atoms with E-state index in [1.54, 1.807) is 6.92 Å². The van der Waals surface area contributed by atoms with Gasteiger partial charge in [-0.2, -0.15) is 0 Å². The fourth-order valence-corrected chi connectivity index (χ4v) is 1.78. The number of rotatable bonds is 1.